The summed E-state index contributed by atoms with van der Waals surface area (Å²) in [6, 6.07) is 18.1. The van der Waals surface area contributed by atoms with Crippen molar-refractivity contribution in [3.05, 3.63) is 107 Å². The minimum atomic E-state index is -2.59. The van der Waals surface area contributed by atoms with E-state index in [-0.39, 0.29) is 64.1 Å². The van der Waals surface area contributed by atoms with Crippen molar-refractivity contribution in [2.45, 2.75) is 62.5 Å². The maximum atomic E-state index is 13.4. The van der Waals surface area contributed by atoms with E-state index in [1.165, 1.54) is 69.6 Å². The molecule has 4 aliphatic rings. The summed E-state index contributed by atoms with van der Waals surface area (Å²) in [5.41, 5.74) is 4.59. The lowest BCUT2D eigenvalue weighted by molar-refractivity contribution is -0.340. The number of rotatable bonds is 12. The van der Waals surface area contributed by atoms with E-state index in [9.17, 15) is 39.9 Å². The number of carbonyl (C=O) groups excluding carboxylic acids is 2. The summed E-state index contributed by atoms with van der Waals surface area (Å²) in [5, 5.41) is 59.3. The summed E-state index contributed by atoms with van der Waals surface area (Å²) < 4.78 is 24.2. The van der Waals surface area contributed by atoms with E-state index in [0.717, 1.165) is 24.0 Å². The van der Waals surface area contributed by atoms with Crippen LogP contribution in [0.15, 0.2) is 89.4 Å². The van der Waals surface area contributed by atoms with E-state index >= 15 is 0 Å². The van der Waals surface area contributed by atoms with Crippen LogP contribution >= 0.6 is 21.6 Å². The second kappa shape index (κ2) is 19.7. The Morgan fingerprint density at radius 3 is 2.59 bits per heavy atom. The zero-order chi connectivity index (χ0) is 44.9. The van der Waals surface area contributed by atoms with E-state index in [1.807, 2.05) is 18.3 Å². The first-order valence-corrected chi connectivity index (χ1v) is 23.1. The molecule has 0 bridgehead atoms. The van der Waals surface area contributed by atoms with Gasteiger partial charge in [0.1, 0.15) is 35.1 Å². The summed E-state index contributed by atoms with van der Waals surface area (Å²) >= 11 is 0. The van der Waals surface area contributed by atoms with Gasteiger partial charge in [0.25, 0.3) is 5.91 Å². The van der Waals surface area contributed by atoms with E-state index in [2.05, 4.69) is 54.5 Å². The molecule has 4 aliphatic heterocycles. The van der Waals surface area contributed by atoms with Crippen LogP contribution in [0.1, 0.15) is 42.5 Å². The molecule has 63 heavy (non-hydrogen) atoms. The first-order valence-electron chi connectivity index (χ1n) is 20.6. The van der Waals surface area contributed by atoms with Crippen LogP contribution < -0.4 is 20.5 Å². The molecule has 2 fully saturated rings. The van der Waals surface area contributed by atoms with Gasteiger partial charge in [-0.25, -0.2) is 4.79 Å². The van der Waals surface area contributed by atoms with Gasteiger partial charge < -0.3 is 55.5 Å². The first kappa shape index (κ1) is 45.9. The minimum Gasteiger partial charge on any atom is -0.508 e. The van der Waals surface area contributed by atoms with Crippen molar-refractivity contribution in [3.8, 4) is 17.2 Å². The number of aliphatic hydroxyl groups excluding tert-OH is 2. The highest BCUT2D eigenvalue weighted by atomic mass is 33.1. The van der Waals surface area contributed by atoms with E-state index in [0.29, 0.717) is 24.4 Å². The Morgan fingerprint density at radius 2 is 1.89 bits per heavy atom. The number of ether oxygens (including phenoxy) is 4. The molecular weight excluding hydrogens is 851 g/mol. The third-order valence-corrected chi connectivity index (χ3v) is 14.2. The maximum Gasteiger partial charge on any atom is 0.335 e. The number of hydrogen-bond acceptors (Lipinski definition) is 15. The number of aryl methyl sites for hydroxylation is 1. The molecule has 9 atom stereocenters. The van der Waals surface area contributed by atoms with Gasteiger partial charge in [-0.3, -0.25) is 14.6 Å². The van der Waals surface area contributed by atoms with Gasteiger partial charge in [0, 0.05) is 24.6 Å². The molecular formula is C46H51N3O12S2. The highest BCUT2D eigenvalue weighted by molar-refractivity contribution is 8.76. The van der Waals surface area contributed by atoms with E-state index in [1.54, 1.807) is 0 Å². The monoisotopic (exact) mass is 901 g/mol. The number of phenols is 1. The van der Waals surface area contributed by atoms with E-state index in [4.69, 9.17) is 24.7 Å². The van der Waals surface area contributed by atoms with Crippen LogP contribution in [0.3, 0.4) is 0 Å². The van der Waals surface area contributed by atoms with Crippen LogP contribution in [0, 0.1) is 17.8 Å². The molecule has 17 heteroatoms. The lowest BCUT2D eigenvalue weighted by atomic mass is 9.73. The van der Waals surface area contributed by atoms with Gasteiger partial charge in [0.05, 0.1) is 17.7 Å². The van der Waals surface area contributed by atoms with Gasteiger partial charge in [-0.15, -0.1) is 0 Å². The molecule has 334 valence electrons. The second-order valence-electron chi connectivity index (χ2n) is 15.9. The normalized spacial score (nSPS) is 29.3. The molecule has 0 aliphatic carbocycles. The third kappa shape index (κ3) is 9.27. The highest BCUT2D eigenvalue weighted by Gasteiger charge is 2.69. The number of phenolic OH excluding ortho intramolecular Hbond substituents is 1. The largest absolute Gasteiger partial charge is 0.508 e. The topological polar surface area (TPSA) is 240 Å². The summed E-state index contributed by atoms with van der Waals surface area (Å²) in [6.07, 6.45) is 2.42. The van der Waals surface area contributed by atoms with Gasteiger partial charge in [-0.05, 0) is 83.7 Å². The number of amides is 1. The van der Waals surface area contributed by atoms with Crippen LogP contribution in [0.25, 0.3) is 17.4 Å². The van der Waals surface area contributed by atoms with Gasteiger partial charge in [-0.2, -0.15) is 0 Å². The quantitative estimate of drug-likeness (QED) is 0.0956. The molecule has 0 aromatic heterocycles. The van der Waals surface area contributed by atoms with Crippen molar-refractivity contribution in [2.24, 2.45) is 28.5 Å². The predicted octanol–water partition coefficient (Wildman–Crippen LogP) is 4.79. The van der Waals surface area contributed by atoms with Crippen LogP contribution in [0.5, 0.6) is 17.2 Å². The Hall–Kier alpha value is -5.14. The highest BCUT2D eigenvalue weighted by Crippen LogP contribution is 2.46. The van der Waals surface area contributed by atoms with Crippen molar-refractivity contribution in [3.63, 3.8) is 0 Å². The number of benzene rings is 3. The molecule has 0 radical (unpaired) electrons. The number of hydrogen-bond donors (Lipinski definition) is 7. The molecule has 1 unspecified atom stereocenters. The number of aromatic hydroxyl groups is 1. The number of aliphatic carboxylic acids is 1. The molecule has 7 rings (SSSR count). The Kier molecular flexibility index (Phi) is 14.4. The maximum absolute atomic E-state index is 13.4. The van der Waals surface area contributed by atoms with Crippen LogP contribution in [0.4, 0.5) is 0 Å². The zero-order valence-corrected chi connectivity index (χ0v) is 36.3. The van der Waals surface area contributed by atoms with Crippen LogP contribution in [-0.2, 0) is 30.3 Å². The molecule has 3 aromatic rings. The number of primary amides is 1. The Labute approximate surface area is 372 Å². The molecule has 3 aromatic carbocycles. The molecule has 0 saturated carbocycles. The molecule has 0 spiro atoms. The van der Waals surface area contributed by atoms with Crippen molar-refractivity contribution in [2.75, 3.05) is 31.3 Å². The Balaban J connectivity index is 1.22. The first-order chi connectivity index (χ1) is 30.3. The molecule has 15 nitrogen and oxygen atoms in total. The number of aliphatic hydroxyl groups is 3. The third-order valence-electron chi connectivity index (χ3n) is 12.2. The summed E-state index contributed by atoms with van der Waals surface area (Å²) in [6.45, 7) is 4.70. The van der Waals surface area contributed by atoms with Gasteiger partial charge in [0.2, 0.25) is 12.4 Å². The number of β-amino-alcohol motifs (C(OH)–C–C–N with tert-alkyl or cyclic N) is 1. The summed E-state index contributed by atoms with van der Waals surface area (Å²) in [4.78, 5) is 43.1. The zero-order valence-electron chi connectivity index (χ0n) is 34.7. The number of fused-ring (bicyclic) bond motifs is 2. The predicted molar refractivity (Wildman–Crippen MR) is 240 cm³/mol. The van der Waals surface area contributed by atoms with Crippen molar-refractivity contribution in [1.29, 1.82) is 0 Å². The number of nitrogens with zero attached hydrogens (tertiary/aromatic N) is 1. The van der Waals surface area contributed by atoms with Crippen molar-refractivity contribution >= 4 is 63.4 Å². The number of carboxylic acids is 1. The summed E-state index contributed by atoms with van der Waals surface area (Å²) in [7, 11) is 2.74. The van der Waals surface area contributed by atoms with Gasteiger partial charge in [0.15, 0.2) is 23.6 Å². The number of nitrogens with one attached hydrogen (secondary N) is 1. The van der Waals surface area contributed by atoms with Crippen molar-refractivity contribution < 1.29 is 58.9 Å². The SMILES string of the molecule is CCc1ccccc1/C=C/C[C@H](C)[C@@H]1CNC[C@]2(O)[C@H](Oc3ccc4c(c3)OC(C(N)=O)C(c3ccc(O)cc3)=C4O)O[C@H](C(=O)O)[C@@H](O)[C@]2(C=O)OCSSC[C@@H]1C1=CCN=C1. The molecule has 4 heterocycles. The standard InChI is InChI=1S/C46H51N3O12S2/c1-3-27-8-4-5-9-28(27)10-6-7-26(2)34-21-49-23-45(57)44(61-40(43(55)56)41(53)46(45,24-50)58-25-63-62-22-35(34)30-17-18-48-20-30)59-32-15-16-33-36(19-32)60-39(42(47)54)37(38(33)52)29-11-13-31(51)14-12-29/h4-6,8-17,19-20,24,26,34-35,39-41,44,49,51-53,57H,3,7,18,21-23,25H2,1-2H3,(H2,47,54)(H,55,56)/b10-6+/t26-,34-,35+,39?,40-,41+,44+,45-,46-/m0/s1. The van der Waals surface area contributed by atoms with E-state index < -0.39 is 54.2 Å². The summed E-state index contributed by atoms with van der Waals surface area (Å²) in [5.74, 6) is -2.62. The van der Waals surface area contributed by atoms with Gasteiger partial charge in [-0.1, -0.05) is 90.1 Å². The number of aliphatic imine (C=N–C) groups is 1. The number of carbonyl (C=O) groups is 3. The fourth-order valence-electron chi connectivity index (χ4n) is 8.65. The second-order valence-corrected chi connectivity index (χ2v) is 18.4. The fraction of sp³-hybridized carbons (Fsp3) is 0.391. The number of carboxylic acid groups (broad SMARTS) is 1. The molecule has 1 amide bonds. The smallest absolute Gasteiger partial charge is 0.335 e. The van der Waals surface area contributed by atoms with Crippen LogP contribution in [-0.4, -0.2) is 117 Å². The fourth-order valence-corrected chi connectivity index (χ4v) is 10.7. The lowest BCUT2D eigenvalue weighted by Crippen LogP contribution is -2.80. The molecule has 8 N–H and O–H groups in total. The Bertz CT molecular complexity index is 2300. The average molecular weight is 902 g/mol. The number of allylic oxidation sites excluding steroid dienone is 2. The lowest BCUT2D eigenvalue weighted by Gasteiger charge is -2.53. The number of nitrogens with two attached hydrogens (primary N) is 1. The van der Waals surface area contributed by atoms with Crippen LogP contribution in [0.2, 0.25) is 0 Å². The molecule has 2 saturated heterocycles. The van der Waals surface area contributed by atoms with Crippen molar-refractivity contribution in [1.82, 2.24) is 5.32 Å². The van der Waals surface area contributed by atoms with Gasteiger partial charge >= 0.3 is 5.97 Å². The average Bonchev–Trinajstić information content (AvgIpc) is 3.81. The minimum absolute atomic E-state index is 0.0221. The number of aldehydes is 1. The Morgan fingerprint density at radius 1 is 1.11 bits per heavy atom.